The second-order valence-corrected chi connectivity index (χ2v) is 10.6. The van der Waals surface area contributed by atoms with Crippen molar-refractivity contribution in [3.63, 3.8) is 0 Å². The van der Waals surface area contributed by atoms with Crippen LogP contribution in [-0.2, 0) is 22.4 Å². The van der Waals surface area contributed by atoms with Crippen LogP contribution >= 0.6 is 0 Å². The van der Waals surface area contributed by atoms with Crippen LogP contribution in [0, 0.1) is 13.8 Å². The molecule has 35 heavy (non-hydrogen) atoms. The zero-order valence-electron chi connectivity index (χ0n) is 22.1. The van der Waals surface area contributed by atoms with E-state index >= 15 is 0 Å². The number of carbonyl (C=O) groups excluding carboxylic acids is 1. The van der Waals surface area contributed by atoms with Crippen molar-refractivity contribution in [1.29, 1.82) is 0 Å². The Hall–Kier alpha value is -3.55. The maximum absolute atomic E-state index is 12.7. The molecule has 0 aliphatic carbocycles. The van der Waals surface area contributed by atoms with Crippen molar-refractivity contribution >= 4 is 17.8 Å². The lowest BCUT2D eigenvalue weighted by Gasteiger charge is -2.22. The summed E-state index contributed by atoms with van der Waals surface area (Å²) in [6, 6.07) is 7.44. The zero-order valence-corrected chi connectivity index (χ0v) is 22.1. The summed E-state index contributed by atoms with van der Waals surface area (Å²) >= 11 is 0. The molecule has 188 valence electrons. The van der Waals surface area contributed by atoms with E-state index in [1.54, 1.807) is 13.2 Å². The molecule has 8 heteroatoms. The number of carbonyl (C=O) groups is 1. The van der Waals surface area contributed by atoms with Crippen LogP contribution in [0.2, 0.25) is 0 Å². The minimum Gasteiger partial charge on any atom is -0.493 e. The molecular weight excluding hydrogens is 444 g/mol. The predicted molar refractivity (Wildman–Crippen MR) is 137 cm³/mol. The molecule has 2 aromatic heterocycles. The molecule has 0 saturated carbocycles. The second kappa shape index (κ2) is 9.98. The van der Waals surface area contributed by atoms with Crippen LogP contribution in [0.3, 0.4) is 0 Å². The largest absolute Gasteiger partial charge is 0.493 e. The van der Waals surface area contributed by atoms with E-state index in [9.17, 15) is 4.79 Å². The fraction of sp³-hybridized carbons (Fsp3) is 0.444. The average Bonchev–Trinajstić information content (AvgIpc) is 3.34. The molecule has 0 fully saturated rings. The van der Waals surface area contributed by atoms with Gasteiger partial charge in [0.2, 0.25) is 5.91 Å². The van der Waals surface area contributed by atoms with E-state index in [0.29, 0.717) is 23.9 Å². The molecule has 0 spiro atoms. The highest BCUT2D eigenvalue weighted by Gasteiger charge is 2.25. The summed E-state index contributed by atoms with van der Waals surface area (Å²) in [5, 5.41) is 11.7. The maximum Gasteiger partial charge on any atom is 0.249 e. The number of ether oxygens (including phenoxy) is 2. The van der Waals surface area contributed by atoms with Crippen LogP contribution in [0.4, 0.5) is 5.82 Å². The summed E-state index contributed by atoms with van der Waals surface area (Å²) in [5.74, 6) is 2.32. The van der Waals surface area contributed by atoms with Gasteiger partial charge >= 0.3 is 0 Å². The van der Waals surface area contributed by atoms with E-state index in [2.05, 4.69) is 52.0 Å². The normalized spacial score (nSPS) is 12.3. The first-order chi connectivity index (χ1) is 16.3. The molecule has 0 atom stereocenters. The molecule has 0 aliphatic rings. The van der Waals surface area contributed by atoms with Crippen molar-refractivity contribution in [1.82, 2.24) is 14.9 Å². The molecule has 1 aromatic carbocycles. The standard InChI is InChI=1S/C27H36N4O4/c1-17-20(18(2)35-30-17)16-34-21-12-10-19(14-22(21)33-9)11-13-25(32)28-24-15-23(26(3,4)5)29-31(24)27(6,7)8/h10-15H,16H2,1-9H3,(H,28,32)/b13-11+. The number of hydrogen-bond acceptors (Lipinski definition) is 6. The van der Waals surface area contributed by atoms with E-state index in [-0.39, 0.29) is 16.9 Å². The highest BCUT2D eigenvalue weighted by Crippen LogP contribution is 2.31. The molecule has 0 unspecified atom stereocenters. The molecule has 1 amide bonds. The summed E-state index contributed by atoms with van der Waals surface area (Å²) in [4.78, 5) is 12.7. The Labute approximate surface area is 207 Å². The molecular formula is C27H36N4O4. The quantitative estimate of drug-likeness (QED) is 0.431. The Bertz CT molecular complexity index is 1200. The van der Waals surface area contributed by atoms with Crippen molar-refractivity contribution in [2.75, 3.05) is 12.4 Å². The third-order valence-electron chi connectivity index (χ3n) is 5.53. The highest BCUT2D eigenvalue weighted by atomic mass is 16.5. The Balaban J connectivity index is 1.73. The van der Waals surface area contributed by atoms with E-state index in [0.717, 1.165) is 28.3 Å². The summed E-state index contributed by atoms with van der Waals surface area (Å²) in [7, 11) is 1.58. The Morgan fingerprint density at radius 2 is 1.83 bits per heavy atom. The van der Waals surface area contributed by atoms with E-state index in [4.69, 9.17) is 19.1 Å². The first-order valence-electron chi connectivity index (χ1n) is 11.6. The summed E-state index contributed by atoms with van der Waals surface area (Å²) in [5.41, 5.74) is 3.04. The smallest absolute Gasteiger partial charge is 0.249 e. The summed E-state index contributed by atoms with van der Waals surface area (Å²) < 4.78 is 18.5. The van der Waals surface area contributed by atoms with Gasteiger partial charge in [-0.15, -0.1) is 0 Å². The monoisotopic (exact) mass is 480 g/mol. The third-order valence-corrected chi connectivity index (χ3v) is 5.53. The van der Waals surface area contributed by atoms with Gasteiger partial charge in [-0.1, -0.05) is 32.0 Å². The van der Waals surface area contributed by atoms with E-state index in [1.165, 1.54) is 6.08 Å². The van der Waals surface area contributed by atoms with Crippen molar-refractivity contribution in [3.05, 3.63) is 58.6 Å². The first kappa shape index (κ1) is 26.1. The van der Waals surface area contributed by atoms with Crippen LogP contribution in [0.5, 0.6) is 11.5 Å². The van der Waals surface area contributed by atoms with Crippen LogP contribution in [0.25, 0.3) is 6.08 Å². The van der Waals surface area contributed by atoms with Gasteiger partial charge in [0.25, 0.3) is 0 Å². The zero-order chi connectivity index (χ0) is 26.0. The third kappa shape index (κ3) is 6.32. The lowest BCUT2D eigenvalue weighted by Crippen LogP contribution is -2.27. The molecule has 1 N–H and O–H groups in total. The van der Waals surface area contributed by atoms with Gasteiger partial charge in [0.05, 0.1) is 29.6 Å². The molecule has 0 aliphatic heterocycles. The number of nitrogens with one attached hydrogen (secondary N) is 1. The first-order valence-corrected chi connectivity index (χ1v) is 11.6. The number of methoxy groups -OCH3 is 1. The van der Waals surface area contributed by atoms with Crippen molar-refractivity contribution in [2.24, 2.45) is 0 Å². The number of hydrogen-bond donors (Lipinski definition) is 1. The van der Waals surface area contributed by atoms with Crippen LogP contribution in [0.1, 0.15) is 69.8 Å². The van der Waals surface area contributed by atoms with Gasteiger partial charge in [-0.3, -0.25) is 4.79 Å². The molecule has 0 radical (unpaired) electrons. The minimum absolute atomic E-state index is 0.127. The minimum atomic E-state index is -0.275. The Kier molecular flexibility index (Phi) is 7.43. The van der Waals surface area contributed by atoms with Crippen molar-refractivity contribution in [3.8, 4) is 11.5 Å². The van der Waals surface area contributed by atoms with Gasteiger partial charge in [-0.2, -0.15) is 5.10 Å². The second-order valence-electron chi connectivity index (χ2n) is 10.6. The van der Waals surface area contributed by atoms with E-state index in [1.807, 2.05) is 42.8 Å². The topological polar surface area (TPSA) is 91.4 Å². The van der Waals surface area contributed by atoms with Crippen LogP contribution < -0.4 is 14.8 Å². The van der Waals surface area contributed by atoms with E-state index < -0.39 is 0 Å². The van der Waals surface area contributed by atoms with Gasteiger partial charge in [0.15, 0.2) is 11.5 Å². The number of amides is 1. The number of anilines is 1. The number of aromatic nitrogens is 3. The fourth-order valence-electron chi connectivity index (χ4n) is 3.45. The van der Waals surface area contributed by atoms with Gasteiger partial charge in [0, 0.05) is 17.6 Å². The van der Waals surface area contributed by atoms with Crippen molar-refractivity contribution < 1.29 is 18.8 Å². The number of benzene rings is 1. The molecule has 0 bridgehead atoms. The number of nitrogens with zero attached hydrogens (tertiary/aromatic N) is 3. The van der Waals surface area contributed by atoms with Gasteiger partial charge in [-0.25, -0.2) is 4.68 Å². The maximum atomic E-state index is 12.7. The SMILES string of the molecule is COc1cc(/C=C/C(=O)Nc2cc(C(C)(C)C)nn2C(C)(C)C)ccc1OCc1c(C)noc1C. The van der Waals surface area contributed by atoms with Gasteiger partial charge in [-0.05, 0) is 58.4 Å². The Morgan fingerprint density at radius 1 is 1.11 bits per heavy atom. The predicted octanol–water partition coefficient (Wildman–Crippen LogP) is 5.78. The summed E-state index contributed by atoms with van der Waals surface area (Å²) in [6.07, 6.45) is 3.23. The average molecular weight is 481 g/mol. The molecule has 8 nitrogen and oxygen atoms in total. The molecule has 0 saturated heterocycles. The number of aryl methyl sites for hydroxylation is 2. The van der Waals surface area contributed by atoms with Gasteiger partial charge in [0.1, 0.15) is 18.2 Å². The summed E-state index contributed by atoms with van der Waals surface area (Å²) in [6.45, 7) is 16.5. The fourth-order valence-corrected chi connectivity index (χ4v) is 3.45. The molecule has 3 aromatic rings. The van der Waals surface area contributed by atoms with Crippen molar-refractivity contribution in [2.45, 2.75) is 73.0 Å². The molecule has 2 heterocycles. The number of rotatable bonds is 7. The highest BCUT2D eigenvalue weighted by molar-refractivity contribution is 6.01. The van der Waals surface area contributed by atoms with Crippen LogP contribution in [0.15, 0.2) is 34.9 Å². The van der Waals surface area contributed by atoms with Gasteiger partial charge < -0.3 is 19.3 Å². The Morgan fingerprint density at radius 3 is 2.40 bits per heavy atom. The van der Waals surface area contributed by atoms with Crippen LogP contribution in [-0.4, -0.2) is 28.0 Å². The lowest BCUT2D eigenvalue weighted by atomic mass is 9.92. The molecule has 3 rings (SSSR count). The lowest BCUT2D eigenvalue weighted by molar-refractivity contribution is -0.111.